The minimum absolute atomic E-state index is 0.0123. The summed E-state index contributed by atoms with van der Waals surface area (Å²) in [7, 11) is 0. The number of ether oxygens (including phenoxy) is 1. The molecule has 3 rings (SSSR count). The molecule has 0 aromatic rings. The first-order valence-corrected chi connectivity index (χ1v) is 8.84. The lowest BCUT2D eigenvalue weighted by molar-refractivity contribution is -0.171. The van der Waals surface area contributed by atoms with E-state index in [4.69, 9.17) is 10.5 Å². The van der Waals surface area contributed by atoms with E-state index in [1.807, 2.05) is 20.8 Å². The van der Waals surface area contributed by atoms with Crippen LogP contribution in [-0.2, 0) is 9.53 Å². The second-order valence-electron chi connectivity index (χ2n) is 7.86. The quantitative estimate of drug-likeness (QED) is 0.802. The van der Waals surface area contributed by atoms with Crippen molar-refractivity contribution in [1.29, 1.82) is 0 Å². The molecule has 3 aliphatic rings. The van der Waals surface area contributed by atoms with Crippen LogP contribution in [0.1, 0.15) is 52.9 Å². The highest BCUT2D eigenvalue weighted by Crippen LogP contribution is 2.50. The topological polar surface area (TPSA) is 67.6 Å². The molecule has 5 heteroatoms. The summed E-state index contributed by atoms with van der Waals surface area (Å²) in [5.74, 6) is 0.0123. The van der Waals surface area contributed by atoms with Crippen LogP contribution in [0.5, 0.6) is 0 Å². The maximum Gasteiger partial charge on any atom is 0.241 e. The van der Waals surface area contributed by atoms with E-state index in [1.54, 1.807) is 0 Å². The van der Waals surface area contributed by atoms with Crippen molar-refractivity contribution in [2.75, 3.05) is 19.7 Å². The van der Waals surface area contributed by atoms with Crippen molar-refractivity contribution < 1.29 is 9.53 Å². The van der Waals surface area contributed by atoms with Crippen LogP contribution in [0.4, 0.5) is 0 Å². The lowest BCUT2D eigenvalue weighted by Gasteiger charge is -2.57. The van der Waals surface area contributed by atoms with Crippen LogP contribution in [-0.4, -0.2) is 54.2 Å². The summed E-state index contributed by atoms with van der Waals surface area (Å²) in [4.78, 5) is 15.3. The molecule has 0 radical (unpaired) electrons. The van der Waals surface area contributed by atoms with Crippen molar-refractivity contribution >= 4 is 5.91 Å². The third-order valence-corrected chi connectivity index (χ3v) is 6.16. The van der Waals surface area contributed by atoms with E-state index < -0.39 is 5.54 Å². The molecular formula is C17H31N3O2. The summed E-state index contributed by atoms with van der Waals surface area (Å²) in [6.07, 6.45) is 5.53. The zero-order valence-corrected chi connectivity index (χ0v) is 14.2. The Balaban J connectivity index is 1.51. The average molecular weight is 309 g/mol. The summed E-state index contributed by atoms with van der Waals surface area (Å²) in [5, 5.41) is 3.21. The monoisotopic (exact) mass is 309 g/mol. The Morgan fingerprint density at radius 1 is 1.27 bits per heavy atom. The zero-order valence-electron chi connectivity index (χ0n) is 14.2. The van der Waals surface area contributed by atoms with Crippen LogP contribution in [0.3, 0.4) is 0 Å². The Morgan fingerprint density at radius 2 is 1.91 bits per heavy atom. The predicted molar refractivity (Wildman–Crippen MR) is 86.5 cm³/mol. The summed E-state index contributed by atoms with van der Waals surface area (Å²) >= 11 is 0. The third-order valence-electron chi connectivity index (χ3n) is 6.16. The molecule has 0 aromatic carbocycles. The van der Waals surface area contributed by atoms with Crippen LogP contribution in [0, 0.1) is 5.41 Å². The van der Waals surface area contributed by atoms with Gasteiger partial charge in [0.05, 0.1) is 6.10 Å². The molecule has 126 valence electrons. The van der Waals surface area contributed by atoms with Crippen molar-refractivity contribution in [3.63, 3.8) is 0 Å². The van der Waals surface area contributed by atoms with Crippen molar-refractivity contribution in [3.8, 4) is 0 Å². The van der Waals surface area contributed by atoms with Crippen molar-refractivity contribution in [1.82, 2.24) is 10.2 Å². The van der Waals surface area contributed by atoms with Crippen LogP contribution >= 0.6 is 0 Å². The summed E-state index contributed by atoms with van der Waals surface area (Å²) in [6, 6.07) is 1.11. The Hall–Kier alpha value is -0.650. The number of nitrogens with zero attached hydrogens (tertiary/aromatic N) is 1. The maximum atomic E-state index is 12.7. The van der Waals surface area contributed by atoms with E-state index in [9.17, 15) is 4.79 Å². The lowest BCUT2D eigenvalue weighted by atomic mass is 9.54. The van der Waals surface area contributed by atoms with E-state index in [2.05, 4.69) is 10.2 Å². The summed E-state index contributed by atoms with van der Waals surface area (Å²) < 4.78 is 5.71. The van der Waals surface area contributed by atoms with Gasteiger partial charge in [0, 0.05) is 43.6 Å². The van der Waals surface area contributed by atoms with Gasteiger partial charge < -0.3 is 20.7 Å². The highest BCUT2D eigenvalue weighted by Gasteiger charge is 2.63. The van der Waals surface area contributed by atoms with E-state index >= 15 is 0 Å². The average Bonchev–Trinajstić information content (AvgIpc) is 3.32. The van der Waals surface area contributed by atoms with Gasteiger partial charge >= 0.3 is 0 Å². The molecule has 5 nitrogen and oxygen atoms in total. The first-order valence-electron chi connectivity index (χ1n) is 8.84. The van der Waals surface area contributed by atoms with Gasteiger partial charge in [0.25, 0.3) is 0 Å². The molecule has 1 amide bonds. The van der Waals surface area contributed by atoms with E-state index in [-0.39, 0.29) is 23.5 Å². The fourth-order valence-corrected chi connectivity index (χ4v) is 3.98. The Bertz CT molecular complexity index is 428. The van der Waals surface area contributed by atoms with Gasteiger partial charge in [-0.1, -0.05) is 13.8 Å². The molecule has 22 heavy (non-hydrogen) atoms. The molecule has 1 aliphatic heterocycles. The van der Waals surface area contributed by atoms with Gasteiger partial charge in [-0.2, -0.15) is 0 Å². The number of piperidine rings is 1. The van der Waals surface area contributed by atoms with Crippen molar-refractivity contribution in [2.24, 2.45) is 11.1 Å². The lowest BCUT2D eigenvalue weighted by Crippen LogP contribution is -2.76. The number of hydrogen-bond acceptors (Lipinski definition) is 4. The van der Waals surface area contributed by atoms with Crippen LogP contribution < -0.4 is 11.1 Å². The van der Waals surface area contributed by atoms with Crippen molar-refractivity contribution in [3.05, 3.63) is 0 Å². The number of amides is 1. The second-order valence-corrected chi connectivity index (χ2v) is 7.86. The van der Waals surface area contributed by atoms with Gasteiger partial charge in [-0.15, -0.1) is 0 Å². The predicted octanol–water partition coefficient (Wildman–Crippen LogP) is 1.26. The number of carbonyl (C=O) groups excluding carboxylic acids is 1. The Labute approximate surface area is 133 Å². The SMILES string of the molecule is CCOC1CC(N)(C(=O)NC2CCN(C3CC3)CC2)C1(C)C. The van der Waals surface area contributed by atoms with Crippen LogP contribution in [0.25, 0.3) is 0 Å². The van der Waals surface area contributed by atoms with Gasteiger partial charge in [0.1, 0.15) is 5.54 Å². The minimum atomic E-state index is -0.791. The smallest absolute Gasteiger partial charge is 0.241 e. The molecule has 0 bridgehead atoms. The molecule has 3 fully saturated rings. The van der Waals surface area contributed by atoms with Gasteiger partial charge in [-0.05, 0) is 32.6 Å². The summed E-state index contributed by atoms with van der Waals surface area (Å²) in [5.41, 5.74) is 5.35. The number of rotatable bonds is 5. The first kappa shape index (κ1) is 16.2. The van der Waals surface area contributed by atoms with Gasteiger partial charge in [0.2, 0.25) is 5.91 Å². The molecule has 1 saturated heterocycles. The molecule has 3 N–H and O–H groups in total. The normalized spacial score (nSPS) is 35.9. The molecule has 0 spiro atoms. The molecular weight excluding hydrogens is 278 g/mol. The molecule has 2 aliphatic carbocycles. The maximum absolute atomic E-state index is 12.7. The second kappa shape index (κ2) is 5.77. The van der Waals surface area contributed by atoms with Gasteiger partial charge in [0.15, 0.2) is 0 Å². The van der Waals surface area contributed by atoms with E-state index in [0.29, 0.717) is 13.0 Å². The molecule has 2 saturated carbocycles. The number of carbonyl (C=O) groups is 1. The number of nitrogens with two attached hydrogens (primary N) is 1. The number of hydrogen-bond donors (Lipinski definition) is 2. The van der Waals surface area contributed by atoms with Gasteiger partial charge in [-0.25, -0.2) is 0 Å². The fourth-order valence-electron chi connectivity index (χ4n) is 3.98. The highest BCUT2D eigenvalue weighted by molar-refractivity contribution is 5.89. The third kappa shape index (κ3) is 2.68. The molecule has 1 heterocycles. The number of likely N-dealkylation sites (tertiary alicyclic amines) is 1. The van der Waals surface area contributed by atoms with Crippen molar-refractivity contribution in [2.45, 2.75) is 76.6 Å². The van der Waals surface area contributed by atoms with E-state index in [1.165, 1.54) is 12.8 Å². The van der Waals surface area contributed by atoms with Crippen LogP contribution in [0.15, 0.2) is 0 Å². The van der Waals surface area contributed by atoms with E-state index in [0.717, 1.165) is 32.0 Å². The van der Waals surface area contributed by atoms with Crippen LogP contribution in [0.2, 0.25) is 0 Å². The molecule has 2 atom stereocenters. The minimum Gasteiger partial charge on any atom is -0.378 e. The highest BCUT2D eigenvalue weighted by atomic mass is 16.5. The number of nitrogens with one attached hydrogen (secondary N) is 1. The zero-order chi connectivity index (χ0) is 16.0. The Kier molecular flexibility index (Phi) is 4.25. The fraction of sp³-hybridized carbons (Fsp3) is 0.941. The van der Waals surface area contributed by atoms with Gasteiger partial charge in [-0.3, -0.25) is 4.79 Å². The Morgan fingerprint density at radius 3 is 2.41 bits per heavy atom. The first-order chi connectivity index (χ1) is 10.4. The molecule has 0 aromatic heterocycles. The largest absolute Gasteiger partial charge is 0.378 e. The standard InChI is InChI=1S/C17H31N3O2/c1-4-22-14-11-17(18,16(14,2)3)15(21)19-12-7-9-20(10-8-12)13-5-6-13/h12-14H,4-11,18H2,1-3H3,(H,19,21). The summed E-state index contributed by atoms with van der Waals surface area (Å²) in [6.45, 7) is 8.97. The molecule has 2 unspecified atom stereocenters.